The lowest BCUT2D eigenvalue weighted by molar-refractivity contribution is -0.119. The van der Waals surface area contributed by atoms with Crippen molar-refractivity contribution in [2.24, 2.45) is 5.92 Å². The summed E-state index contributed by atoms with van der Waals surface area (Å²) in [5.41, 5.74) is 0. The summed E-state index contributed by atoms with van der Waals surface area (Å²) in [7, 11) is 0. The van der Waals surface area contributed by atoms with E-state index in [4.69, 9.17) is 4.74 Å². The van der Waals surface area contributed by atoms with Crippen LogP contribution < -0.4 is 10.1 Å². The zero-order chi connectivity index (χ0) is 15.1. The lowest BCUT2D eigenvalue weighted by Gasteiger charge is -2.31. The van der Waals surface area contributed by atoms with Gasteiger partial charge in [-0.3, -0.25) is 9.69 Å². The number of hydrogen-bond donors (Lipinski definition) is 2. The van der Waals surface area contributed by atoms with Crippen LogP contribution in [0.1, 0.15) is 19.8 Å². The maximum atomic E-state index is 10.9. The van der Waals surface area contributed by atoms with Gasteiger partial charge in [-0.15, -0.1) is 0 Å². The number of amides is 1. The van der Waals surface area contributed by atoms with Crippen molar-refractivity contribution in [2.45, 2.75) is 19.8 Å². The molecule has 0 atom stereocenters. The number of carbonyl (C=O) groups is 1. The predicted molar refractivity (Wildman–Crippen MR) is 81.4 cm³/mol. The molecule has 1 saturated heterocycles. The first kappa shape index (κ1) is 15.6. The highest BCUT2D eigenvalue weighted by Crippen LogP contribution is 2.17. The Morgan fingerprint density at radius 3 is 2.62 bits per heavy atom. The number of aromatic hydroxyl groups is 1. The largest absolute Gasteiger partial charge is 0.508 e. The number of nitrogens with zero attached hydrogens (tertiary/aromatic N) is 1. The molecule has 0 aliphatic carbocycles. The van der Waals surface area contributed by atoms with Gasteiger partial charge in [0.15, 0.2) is 0 Å². The molecule has 1 aliphatic heterocycles. The molecule has 21 heavy (non-hydrogen) atoms. The van der Waals surface area contributed by atoms with E-state index < -0.39 is 0 Å². The molecule has 1 aliphatic rings. The van der Waals surface area contributed by atoms with Gasteiger partial charge in [-0.2, -0.15) is 0 Å². The summed E-state index contributed by atoms with van der Waals surface area (Å²) in [6.07, 6.45) is 2.25. The van der Waals surface area contributed by atoms with Crippen LogP contribution in [0.2, 0.25) is 0 Å². The lowest BCUT2D eigenvalue weighted by atomic mass is 9.97. The number of rotatable bonds is 6. The molecule has 1 aromatic carbocycles. The number of piperidine rings is 1. The van der Waals surface area contributed by atoms with E-state index in [2.05, 4.69) is 10.2 Å². The minimum absolute atomic E-state index is 0.0553. The average molecular weight is 292 g/mol. The van der Waals surface area contributed by atoms with Gasteiger partial charge in [0.2, 0.25) is 5.91 Å². The molecule has 5 nitrogen and oxygen atoms in total. The first-order chi connectivity index (χ1) is 10.1. The second kappa shape index (κ2) is 7.88. The average Bonchev–Trinajstić information content (AvgIpc) is 2.48. The SMILES string of the molecule is CC(=O)NCC1CCN(CCOc2ccc(O)cc2)CC1. The molecule has 2 rings (SSSR count). The Bertz CT molecular complexity index is 439. The second-order valence-corrected chi connectivity index (χ2v) is 5.56. The van der Waals surface area contributed by atoms with Gasteiger partial charge in [-0.25, -0.2) is 0 Å². The third-order valence-corrected chi connectivity index (χ3v) is 3.86. The van der Waals surface area contributed by atoms with Crippen molar-refractivity contribution < 1.29 is 14.6 Å². The molecule has 1 amide bonds. The molecule has 5 heteroatoms. The van der Waals surface area contributed by atoms with Crippen molar-refractivity contribution in [1.82, 2.24) is 10.2 Å². The first-order valence-electron chi connectivity index (χ1n) is 7.52. The van der Waals surface area contributed by atoms with Crippen LogP contribution in [0.25, 0.3) is 0 Å². The molecule has 116 valence electrons. The second-order valence-electron chi connectivity index (χ2n) is 5.56. The number of nitrogens with one attached hydrogen (secondary N) is 1. The van der Waals surface area contributed by atoms with Gasteiger partial charge in [-0.1, -0.05) is 0 Å². The van der Waals surface area contributed by atoms with Crippen LogP contribution in [0.4, 0.5) is 0 Å². The minimum Gasteiger partial charge on any atom is -0.508 e. The van der Waals surface area contributed by atoms with Crippen LogP contribution in [0.15, 0.2) is 24.3 Å². The summed E-state index contributed by atoms with van der Waals surface area (Å²) in [6.45, 7) is 6.05. The molecule has 0 unspecified atom stereocenters. The molecule has 0 bridgehead atoms. The smallest absolute Gasteiger partial charge is 0.216 e. The summed E-state index contributed by atoms with van der Waals surface area (Å²) in [6, 6.07) is 6.80. The highest BCUT2D eigenvalue weighted by molar-refractivity contribution is 5.72. The van der Waals surface area contributed by atoms with E-state index in [1.165, 1.54) is 0 Å². The van der Waals surface area contributed by atoms with Gasteiger partial charge in [0.05, 0.1) is 0 Å². The molecule has 0 aromatic heterocycles. The third kappa shape index (κ3) is 5.63. The van der Waals surface area contributed by atoms with Crippen LogP contribution in [-0.2, 0) is 4.79 Å². The molecule has 1 heterocycles. The fourth-order valence-electron chi connectivity index (χ4n) is 2.54. The highest BCUT2D eigenvalue weighted by atomic mass is 16.5. The van der Waals surface area contributed by atoms with Crippen LogP contribution in [0, 0.1) is 5.92 Å². The van der Waals surface area contributed by atoms with Crippen molar-refractivity contribution in [3.8, 4) is 11.5 Å². The molecule has 0 radical (unpaired) electrons. The maximum absolute atomic E-state index is 10.9. The minimum atomic E-state index is 0.0553. The molecular formula is C16H24N2O3. The van der Waals surface area contributed by atoms with Gasteiger partial charge in [0.1, 0.15) is 18.1 Å². The zero-order valence-electron chi connectivity index (χ0n) is 12.5. The third-order valence-electron chi connectivity index (χ3n) is 3.86. The van der Waals surface area contributed by atoms with E-state index in [1.807, 2.05) is 0 Å². The van der Waals surface area contributed by atoms with Crippen molar-refractivity contribution in [3.05, 3.63) is 24.3 Å². The van der Waals surface area contributed by atoms with E-state index in [0.717, 1.165) is 44.8 Å². The van der Waals surface area contributed by atoms with Gasteiger partial charge >= 0.3 is 0 Å². The highest BCUT2D eigenvalue weighted by Gasteiger charge is 2.18. The lowest BCUT2D eigenvalue weighted by Crippen LogP contribution is -2.39. The summed E-state index contributed by atoms with van der Waals surface area (Å²) in [5.74, 6) is 1.69. The van der Waals surface area contributed by atoms with Crippen molar-refractivity contribution in [1.29, 1.82) is 0 Å². The Labute approximate surface area is 125 Å². The van der Waals surface area contributed by atoms with Crippen LogP contribution in [-0.4, -0.2) is 48.7 Å². The van der Waals surface area contributed by atoms with E-state index in [0.29, 0.717) is 12.5 Å². The van der Waals surface area contributed by atoms with Crippen LogP contribution >= 0.6 is 0 Å². The molecular weight excluding hydrogens is 268 g/mol. The fourth-order valence-corrected chi connectivity index (χ4v) is 2.54. The summed E-state index contributed by atoms with van der Waals surface area (Å²) < 4.78 is 5.66. The fraction of sp³-hybridized carbons (Fsp3) is 0.562. The van der Waals surface area contributed by atoms with E-state index in [1.54, 1.807) is 31.2 Å². The number of benzene rings is 1. The molecule has 0 spiro atoms. The van der Waals surface area contributed by atoms with Gasteiger partial charge in [-0.05, 0) is 56.1 Å². The number of carbonyl (C=O) groups excluding carboxylic acids is 1. The number of phenols is 1. The zero-order valence-corrected chi connectivity index (χ0v) is 12.5. The van der Waals surface area contributed by atoms with Crippen molar-refractivity contribution in [3.63, 3.8) is 0 Å². The van der Waals surface area contributed by atoms with Gasteiger partial charge in [0.25, 0.3) is 0 Å². The number of likely N-dealkylation sites (tertiary alicyclic amines) is 1. The standard InChI is InChI=1S/C16H24N2O3/c1-13(19)17-12-14-6-8-18(9-7-14)10-11-21-16-4-2-15(20)3-5-16/h2-5,14,20H,6-12H2,1H3,(H,17,19). The van der Waals surface area contributed by atoms with E-state index >= 15 is 0 Å². The molecule has 1 fully saturated rings. The van der Waals surface area contributed by atoms with Crippen LogP contribution in [0.5, 0.6) is 11.5 Å². The normalized spacial score (nSPS) is 16.6. The van der Waals surface area contributed by atoms with Crippen molar-refractivity contribution in [2.75, 3.05) is 32.8 Å². The van der Waals surface area contributed by atoms with Gasteiger partial charge < -0.3 is 15.2 Å². The Morgan fingerprint density at radius 1 is 1.33 bits per heavy atom. The number of hydrogen-bond acceptors (Lipinski definition) is 4. The van der Waals surface area contributed by atoms with Crippen molar-refractivity contribution >= 4 is 5.91 Å². The first-order valence-corrected chi connectivity index (χ1v) is 7.52. The quantitative estimate of drug-likeness (QED) is 0.836. The summed E-state index contributed by atoms with van der Waals surface area (Å²) in [5, 5.41) is 12.1. The van der Waals surface area contributed by atoms with E-state index in [-0.39, 0.29) is 11.7 Å². The Balaban J connectivity index is 1.60. The molecule has 0 saturated carbocycles. The number of phenolic OH excluding ortho intramolecular Hbond substituents is 1. The topological polar surface area (TPSA) is 61.8 Å². The van der Waals surface area contributed by atoms with Gasteiger partial charge in [0, 0.05) is 20.0 Å². The summed E-state index contributed by atoms with van der Waals surface area (Å²) >= 11 is 0. The molecule has 2 N–H and O–H groups in total. The predicted octanol–water partition coefficient (Wildman–Crippen LogP) is 1.62. The van der Waals surface area contributed by atoms with Crippen LogP contribution in [0.3, 0.4) is 0 Å². The monoisotopic (exact) mass is 292 g/mol. The Kier molecular flexibility index (Phi) is 5.87. The Hall–Kier alpha value is -1.75. The number of ether oxygens (including phenoxy) is 1. The Morgan fingerprint density at radius 2 is 2.00 bits per heavy atom. The summed E-state index contributed by atoms with van der Waals surface area (Å²) in [4.78, 5) is 13.3. The maximum Gasteiger partial charge on any atom is 0.216 e. The van der Waals surface area contributed by atoms with E-state index in [9.17, 15) is 9.90 Å². The molecule has 1 aromatic rings.